The van der Waals surface area contributed by atoms with Gasteiger partial charge in [-0.25, -0.2) is 9.97 Å². The van der Waals surface area contributed by atoms with Crippen molar-refractivity contribution in [2.75, 3.05) is 13.1 Å². The van der Waals surface area contributed by atoms with Crippen LogP contribution >= 0.6 is 0 Å². The van der Waals surface area contributed by atoms with Crippen LogP contribution in [0, 0.1) is 12.8 Å². The molecule has 3 heterocycles. The molecule has 0 saturated carbocycles. The van der Waals surface area contributed by atoms with Gasteiger partial charge in [-0.2, -0.15) is 13.2 Å². The molecule has 2 aromatic rings. The summed E-state index contributed by atoms with van der Waals surface area (Å²) in [6.45, 7) is 4.68. The van der Waals surface area contributed by atoms with E-state index in [1.807, 2.05) is 6.92 Å². The van der Waals surface area contributed by atoms with Crippen molar-refractivity contribution in [3.05, 3.63) is 46.3 Å². The summed E-state index contributed by atoms with van der Waals surface area (Å²) in [6.07, 6.45) is -0.435. The predicted octanol–water partition coefficient (Wildman–Crippen LogP) is 2.47. The summed E-state index contributed by atoms with van der Waals surface area (Å²) in [5.74, 6) is 1.05. The van der Waals surface area contributed by atoms with Crippen molar-refractivity contribution < 1.29 is 17.6 Å². The van der Waals surface area contributed by atoms with Crippen LogP contribution in [0.5, 0.6) is 0 Å². The Morgan fingerprint density at radius 3 is 2.56 bits per heavy atom. The molecule has 0 unspecified atom stereocenters. The van der Waals surface area contributed by atoms with Gasteiger partial charge in [0.2, 0.25) is 0 Å². The molecule has 1 fully saturated rings. The van der Waals surface area contributed by atoms with Gasteiger partial charge in [-0.1, -0.05) is 0 Å². The molecule has 0 atom stereocenters. The molecule has 136 valence electrons. The second-order valence-corrected chi connectivity index (χ2v) is 6.34. The minimum atomic E-state index is -4.59. The molecule has 0 aromatic carbocycles. The summed E-state index contributed by atoms with van der Waals surface area (Å²) in [4.78, 5) is 21.7. The molecule has 1 aliphatic heterocycles. The van der Waals surface area contributed by atoms with Gasteiger partial charge >= 0.3 is 6.18 Å². The summed E-state index contributed by atoms with van der Waals surface area (Å²) in [7, 11) is 0. The van der Waals surface area contributed by atoms with E-state index in [2.05, 4.69) is 14.9 Å². The van der Waals surface area contributed by atoms with E-state index in [9.17, 15) is 18.0 Å². The van der Waals surface area contributed by atoms with Crippen LogP contribution in [-0.2, 0) is 19.3 Å². The molecule has 9 heteroatoms. The Kier molecular flexibility index (Phi) is 4.94. The van der Waals surface area contributed by atoms with Gasteiger partial charge in [-0.3, -0.25) is 14.3 Å². The quantitative estimate of drug-likeness (QED) is 0.842. The lowest BCUT2D eigenvalue weighted by molar-refractivity contribution is -0.141. The SMILES string of the molecule is Cc1ocnc1CN1CCC(Cn2cnc(C(F)(F)F)cc2=O)CC1. The zero-order valence-corrected chi connectivity index (χ0v) is 13.8. The maximum atomic E-state index is 12.6. The number of piperidine rings is 1. The molecule has 3 rings (SSSR count). The van der Waals surface area contributed by atoms with Gasteiger partial charge in [0.05, 0.1) is 12.0 Å². The van der Waals surface area contributed by atoms with Crippen LogP contribution in [-0.4, -0.2) is 32.5 Å². The summed E-state index contributed by atoms with van der Waals surface area (Å²) < 4.78 is 44.1. The molecule has 2 aromatic heterocycles. The number of aryl methyl sites for hydroxylation is 1. The Labute approximate surface area is 142 Å². The molecule has 0 radical (unpaired) electrons. The highest BCUT2D eigenvalue weighted by Crippen LogP contribution is 2.26. The molecule has 0 aliphatic carbocycles. The van der Waals surface area contributed by atoms with Crippen molar-refractivity contribution in [2.45, 2.75) is 39.0 Å². The van der Waals surface area contributed by atoms with Gasteiger partial charge in [0.25, 0.3) is 5.56 Å². The standard InChI is InChI=1S/C16H19F3N4O2/c1-11-13(21-10-25-11)8-22-4-2-12(3-5-22)7-23-9-20-14(6-15(23)24)16(17,18)19/h6,9-10,12H,2-5,7-8H2,1H3. The van der Waals surface area contributed by atoms with Crippen molar-refractivity contribution >= 4 is 0 Å². The minimum Gasteiger partial charge on any atom is -0.448 e. The summed E-state index contributed by atoms with van der Waals surface area (Å²) in [6, 6.07) is 0.558. The van der Waals surface area contributed by atoms with E-state index >= 15 is 0 Å². The normalized spacial score (nSPS) is 17.1. The van der Waals surface area contributed by atoms with E-state index in [1.54, 1.807) is 0 Å². The van der Waals surface area contributed by atoms with Crippen LogP contribution in [0.4, 0.5) is 13.2 Å². The molecular formula is C16H19F3N4O2. The van der Waals surface area contributed by atoms with E-state index in [1.165, 1.54) is 11.0 Å². The van der Waals surface area contributed by atoms with Crippen molar-refractivity contribution in [3.8, 4) is 0 Å². The van der Waals surface area contributed by atoms with Crippen LogP contribution in [0.3, 0.4) is 0 Å². The van der Waals surface area contributed by atoms with Gasteiger partial charge in [0.1, 0.15) is 5.76 Å². The topological polar surface area (TPSA) is 64.2 Å². The predicted molar refractivity (Wildman–Crippen MR) is 82.7 cm³/mol. The fourth-order valence-electron chi connectivity index (χ4n) is 3.02. The van der Waals surface area contributed by atoms with E-state index in [-0.39, 0.29) is 5.92 Å². The number of hydrogen-bond donors (Lipinski definition) is 0. The lowest BCUT2D eigenvalue weighted by Crippen LogP contribution is -2.36. The number of likely N-dealkylation sites (tertiary alicyclic amines) is 1. The van der Waals surface area contributed by atoms with E-state index in [0.29, 0.717) is 12.6 Å². The average molecular weight is 356 g/mol. The third kappa shape index (κ3) is 4.28. The van der Waals surface area contributed by atoms with Crippen molar-refractivity contribution in [2.24, 2.45) is 5.92 Å². The highest BCUT2D eigenvalue weighted by molar-refractivity contribution is 5.05. The van der Waals surface area contributed by atoms with Gasteiger partial charge in [-0.15, -0.1) is 0 Å². The summed E-state index contributed by atoms with van der Waals surface area (Å²) >= 11 is 0. The van der Waals surface area contributed by atoms with Crippen molar-refractivity contribution in [3.63, 3.8) is 0 Å². The number of rotatable bonds is 4. The monoisotopic (exact) mass is 356 g/mol. The molecule has 1 aliphatic rings. The summed E-state index contributed by atoms with van der Waals surface area (Å²) in [5, 5.41) is 0. The van der Waals surface area contributed by atoms with Gasteiger partial charge in [-0.05, 0) is 38.8 Å². The Hall–Kier alpha value is -2.16. The molecule has 6 nitrogen and oxygen atoms in total. The first-order chi connectivity index (χ1) is 11.8. The first-order valence-corrected chi connectivity index (χ1v) is 8.08. The second-order valence-electron chi connectivity index (χ2n) is 6.34. The zero-order chi connectivity index (χ0) is 18.0. The molecule has 0 amide bonds. The fourth-order valence-corrected chi connectivity index (χ4v) is 3.02. The maximum Gasteiger partial charge on any atom is 0.433 e. The Morgan fingerprint density at radius 1 is 1.28 bits per heavy atom. The number of hydrogen-bond acceptors (Lipinski definition) is 5. The molecular weight excluding hydrogens is 337 g/mol. The zero-order valence-electron chi connectivity index (χ0n) is 13.8. The molecule has 0 N–H and O–H groups in total. The number of halogens is 3. The molecule has 1 saturated heterocycles. The smallest absolute Gasteiger partial charge is 0.433 e. The number of nitrogens with zero attached hydrogens (tertiary/aromatic N) is 4. The van der Waals surface area contributed by atoms with E-state index in [0.717, 1.165) is 50.3 Å². The van der Waals surface area contributed by atoms with Crippen molar-refractivity contribution in [1.82, 2.24) is 19.4 Å². The van der Waals surface area contributed by atoms with E-state index < -0.39 is 17.4 Å². The van der Waals surface area contributed by atoms with Crippen LogP contribution in [0.2, 0.25) is 0 Å². The highest BCUT2D eigenvalue weighted by Gasteiger charge is 2.33. The van der Waals surface area contributed by atoms with Gasteiger partial charge in [0.15, 0.2) is 12.1 Å². The van der Waals surface area contributed by atoms with Gasteiger partial charge in [0, 0.05) is 19.2 Å². The van der Waals surface area contributed by atoms with E-state index in [4.69, 9.17) is 4.42 Å². The average Bonchev–Trinajstić information content (AvgIpc) is 2.95. The molecule has 0 bridgehead atoms. The Morgan fingerprint density at radius 2 is 2.00 bits per heavy atom. The number of oxazole rings is 1. The summed E-state index contributed by atoms with van der Waals surface area (Å²) in [5.41, 5.74) is -0.892. The van der Waals surface area contributed by atoms with Crippen LogP contribution < -0.4 is 5.56 Å². The minimum absolute atomic E-state index is 0.242. The Bertz CT molecular complexity index is 776. The lowest BCUT2D eigenvalue weighted by atomic mass is 9.96. The number of aromatic nitrogens is 3. The largest absolute Gasteiger partial charge is 0.448 e. The molecule has 25 heavy (non-hydrogen) atoms. The van der Waals surface area contributed by atoms with Crippen LogP contribution in [0.25, 0.3) is 0 Å². The number of alkyl halides is 3. The highest BCUT2D eigenvalue weighted by atomic mass is 19.4. The first kappa shape index (κ1) is 17.7. The lowest BCUT2D eigenvalue weighted by Gasteiger charge is -2.31. The first-order valence-electron chi connectivity index (χ1n) is 8.08. The third-order valence-electron chi connectivity index (χ3n) is 4.55. The Balaban J connectivity index is 1.56. The third-order valence-corrected chi connectivity index (χ3v) is 4.55. The van der Waals surface area contributed by atoms with Crippen LogP contribution in [0.15, 0.2) is 28.0 Å². The molecule has 0 spiro atoms. The fraction of sp³-hybridized carbons (Fsp3) is 0.562. The van der Waals surface area contributed by atoms with Crippen molar-refractivity contribution in [1.29, 1.82) is 0 Å². The maximum absolute atomic E-state index is 12.6. The second kappa shape index (κ2) is 6.99. The van der Waals surface area contributed by atoms with Gasteiger partial charge < -0.3 is 4.42 Å². The van der Waals surface area contributed by atoms with Crippen LogP contribution in [0.1, 0.15) is 30.0 Å².